The van der Waals surface area contributed by atoms with E-state index in [0.717, 1.165) is 16.5 Å². The van der Waals surface area contributed by atoms with Crippen LogP contribution in [0.2, 0.25) is 5.02 Å². The van der Waals surface area contributed by atoms with Crippen molar-refractivity contribution in [2.45, 2.75) is 6.54 Å². The lowest BCUT2D eigenvalue weighted by atomic mass is 10.2. The van der Waals surface area contributed by atoms with Crippen molar-refractivity contribution in [2.24, 2.45) is 0 Å². The van der Waals surface area contributed by atoms with Crippen molar-refractivity contribution < 1.29 is 4.79 Å². The molecule has 0 spiro atoms. The van der Waals surface area contributed by atoms with Gasteiger partial charge in [0.2, 0.25) is 5.95 Å². The second-order valence-corrected chi connectivity index (χ2v) is 6.55. The maximum atomic E-state index is 12.5. The van der Waals surface area contributed by atoms with Crippen molar-refractivity contribution in [3.05, 3.63) is 89.3 Å². The van der Waals surface area contributed by atoms with Crippen LogP contribution in [0.15, 0.2) is 73.2 Å². The highest BCUT2D eigenvalue weighted by molar-refractivity contribution is 6.30. The summed E-state index contributed by atoms with van der Waals surface area (Å²) in [5, 5.41) is 7.63. The number of rotatable bonds is 5. The van der Waals surface area contributed by atoms with Gasteiger partial charge in [0.25, 0.3) is 5.91 Å². The van der Waals surface area contributed by atoms with Crippen LogP contribution in [0.4, 0.5) is 11.6 Å². The summed E-state index contributed by atoms with van der Waals surface area (Å²) in [5.74, 6) is 0.153. The SMILES string of the molecule is O=C(Nc1cccc2cccnc12)c1cnc(NCc2ccc(Cl)cc2)nc1. The van der Waals surface area contributed by atoms with Crippen molar-refractivity contribution in [3.63, 3.8) is 0 Å². The number of fused-ring (bicyclic) bond motifs is 1. The summed E-state index contributed by atoms with van der Waals surface area (Å²) in [4.78, 5) is 25.3. The molecule has 0 aliphatic carbocycles. The van der Waals surface area contributed by atoms with Crippen LogP contribution in [-0.2, 0) is 6.54 Å². The zero-order valence-corrected chi connectivity index (χ0v) is 15.5. The van der Waals surface area contributed by atoms with Gasteiger partial charge in [-0.25, -0.2) is 9.97 Å². The Morgan fingerprint density at radius 1 is 0.929 bits per heavy atom. The van der Waals surface area contributed by atoms with E-state index in [9.17, 15) is 4.79 Å². The highest BCUT2D eigenvalue weighted by Gasteiger charge is 2.10. The highest BCUT2D eigenvalue weighted by atomic mass is 35.5. The Morgan fingerprint density at radius 3 is 2.46 bits per heavy atom. The standard InChI is InChI=1S/C21H16ClN5O/c22-17-8-6-14(7-9-17)11-24-21-25-12-16(13-26-21)20(28)27-18-5-1-3-15-4-2-10-23-19(15)18/h1-10,12-13H,11H2,(H,27,28)(H,24,25,26). The van der Waals surface area contributed by atoms with Gasteiger partial charge in [-0.1, -0.05) is 41.9 Å². The van der Waals surface area contributed by atoms with Crippen molar-refractivity contribution in [2.75, 3.05) is 10.6 Å². The fourth-order valence-electron chi connectivity index (χ4n) is 2.72. The molecule has 4 rings (SSSR count). The number of para-hydroxylation sites is 1. The van der Waals surface area contributed by atoms with Gasteiger partial charge < -0.3 is 10.6 Å². The molecule has 0 fully saturated rings. The number of nitrogens with one attached hydrogen (secondary N) is 2. The molecule has 0 unspecified atom stereocenters. The minimum atomic E-state index is -0.289. The van der Waals surface area contributed by atoms with Crippen LogP contribution in [0.25, 0.3) is 10.9 Å². The molecule has 7 heteroatoms. The predicted molar refractivity (Wildman–Crippen MR) is 111 cm³/mol. The molecule has 4 aromatic rings. The van der Waals surface area contributed by atoms with Crippen LogP contribution < -0.4 is 10.6 Å². The molecule has 0 radical (unpaired) electrons. The number of nitrogens with zero attached hydrogens (tertiary/aromatic N) is 3. The average molecular weight is 390 g/mol. The molecule has 1 amide bonds. The van der Waals surface area contributed by atoms with E-state index >= 15 is 0 Å². The molecule has 0 aliphatic rings. The van der Waals surface area contributed by atoms with Gasteiger partial charge in [0.05, 0.1) is 16.8 Å². The first-order chi connectivity index (χ1) is 13.7. The molecule has 2 aromatic heterocycles. The lowest BCUT2D eigenvalue weighted by Crippen LogP contribution is -2.14. The normalized spacial score (nSPS) is 10.6. The van der Waals surface area contributed by atoms with Gasteiger partial charge in [0.15, 0.2) is 0 Å². The first kappa shape index (κ1) is 17.9. The third-order valence-corrected chi connectivity index (χ3v) is 4.41. The summed E-state index contributed by atoms with van der Waals surface area (Å²) in [6.45, 7) is 0.560. The predicted octanol–water partition coefficient (Wildman–Crippen LogP) is 4.54. The van der Waals surface area contributed by atoms with Gasteiger partial charge in [-0.05, 0) is 29.8 Å². The van der Waals surface area contributed by atoms with Crippen LogP contribution >= 0.6 is 11.6 Å². The summed E-state index contributed by atoms with van der Waals surface area (Å²) < 4.78 is 0. The van der Waals surface area contributed by atoms with Gasteiger partial charge in [0, 0.05) is 35.5 Å². The third-order valence-electron chi connectivity index (χ3n) is 4.16. The highest BCUT2D eigenvalue weighted by Crippen LogP contribution is 2.21. The number of halogens is 1. The number of benzene rings is 2. The largest absolute Gasteiger partial charge is 0.350 e. The molecule has 138 valence electrons. The van der Waals surface area contributed by atoms with E-state index in [2.05, 4.69) is 25.6 Å². The number of carbonyl (C=O) groups excluding carboxylic acids is 1. The van der Waals surface area contributed by atoms with Gasteiger partial charge in [-0.15, -0.1) is 0 Å². The second kappa shape index (κ2) is 8.02. The van der Waals surface area contributed by atoms with Crippen LogP contribution in [0.3, 0.4) is 0 Å². The number of pyridine rings is 1. The Kier molecular flexibility index (Phi) is 5.12. The summed E-state index contributed by atoms with van der Waals surface area (Å²) >= 11 is 5.88. The topological polar surface area (TPSA) is 79.8 Å². The Hall–Kier alpha value is -3.51. The zero-order chi connectivity index (χ0) is 19.3. The maximum Gasteiger partial charge on any atom is 0.258 e. The van der Waals surface area contributed by atoms with Crippen molar-refractivity contribution in [1.82, 2.24) is 15.0 Å². The Balaban J connectivity index is 1.43. The quantitative estimate of drug-likeness (QED) is 0.523. The van der Waals surface area contributed by atoms with Gasteiger partial charge in [0.1, 0.15) is 0 Å². The Labute approximate surface area is 166 Å². The lowest BCUT2D eigenvalue weighted by molar-refractivity contribution is 0.102. The summed E-state index contributed by atoms with van der Waals surface area (Å²) in [6, 6.07) is 17.0. The van der Waals surface area contributed by atoms with E-state index < -0.39 is 0 Å². The first-order valence-electron chi connectivity index (χ1n) is 8.64. The molecule has 28 heavy (non-hydrogen) atoms. The Morgan fingerprint density at radius 2 is 1.68 bits per heavy atom. The number of hydrogen-bond donors (Lipinski definition) is 2. The number of amides is 1. The van der Waals surface area contributed by atoms with Gasteiger partial charge in [-0.3, -0.25) is 9.78 Å². The smallest absolute Gasteiger partial charge is 0.258 e. The summed E-state index contributed by atoms with van der Waals surface area (Å²) in [6.07, 6.45) is 4.68. The molecular formula is C21H16ClN5O. The van der Waals surface area contributed by atoms with Crippen LogP contribution in [0, 0.1) is 0 Å². The Bertz CT molecular complexity index is 1110. The van der Waals surface area contributed by atoms with Gasteiger partial charge in [-0.2, -0.15) is 0 Å². The van der Waals surface area contributed by atoms with Crippen LogP contribution in [0.1, 0.15) is 15.9 Å². The van der Waals surface area contributed by atoms with E-state index in [0.29, 0.717) is 28.8 Å². The fraction of sp³-hybridized carbons (Fsp3) is 0.0476. The third kappa shape index (κ3) is 4.07. The van der Waals surface area contributed by atoms with Crippen molar-refractivity contribution in [1.29, 1.82) is 0 Å². The summed E-state index contributed by atoms with van der Waals surface area (Å²) in [5.41, 5.74) is 2.80. The second-order valence-electron chi connectivity index (χ2n) is 6.11. The number of anilines is 2. The minimum absolute atomic E-state index is 0.289. The average Bonchev–Trinajstić information content (AvgIpc) is 2.74. The van der Waals surface area contributed by atoms with Crippen molar-refractivity contribution in [3.8, 4) is 0 Å². The minimum Gasteiger partial charge on any atom is -0.350 e. The summed E-state index contributed by atoms with van der Waals surface area (Å²) in [7, 11) is 0. The molecule has 2 N–H and O–H groups in total. The van der Waals surface area contributed by atoms with Crippen molar-refractivity contribution >= 4 is 40.0 Å². The van der Waals surface area contributed by atoms with E-state index in [-0.39, 0.29) is 5.91 Å². The number of aromatic nitrogens is 3. The van der Waals surface area contributed by atoms with Gasteiger partial charge >= 0.3 is 0 Å². The molecule has 0 atom stereocenters. The molecule has 0 saturated heterocycles. The molecule has 2 aromatic carbocycles. The molecule has 0 aliphatic heterocycles. The van der Waals surface area contributed by atoms with E-state index in [1.807, 2.05) is 54.6 Å². The molecule has 0 bridgehead atoms. The molecule has 0 saturated carbocycles. The molecule has 2 heterocycles. The fourth-order valence-corrected chi connectivity index (χ4v) is 2.85. The van der Waals surface area contributed by atoms with E-state index in [4.69, 9.17) is 11.6 Å². The molecular weight excluding hydrogens is 374 g/mol. The van der Waals surface area contributed by atoms with Crippen LogP contribution in [0.5, 0.6) is 0 Å². The zero-order valence-electron chi connectivity index (χ0n) is 14.8. The molecule has 6 nitrogen and oxygen atoms in total. The van der Waals surface area contributed by atoms with E-state index in [1.54, 1.807) is 6.20 Å². The first-order valence-corrected chi connectivity index (χ1v) is 9.02. The van der Waals surface area contributed by atoms with Crippen LogP contribution in [-0.4, -0.2) is 20.9 Å². The van der Waals surface area contributed by atoms with E-state index in [1.165, 1.54) is 12.4 Å². The number of carbonyl (C=O) groups is 1. The maximum absolute atomic E-state index is 12.5. The number of hydrogen-bond acceptors (Lipinski definition) is 5. The monoisotopic (exact) mass is 389 g/mol. The lowest BCUT2D eigenvalue weighted by Gasteiger charge is -2.08.